The van der Waals surface area contributed by atoms with Crippen molar-refractivity contribution in [2.75, 3.05) is 37.2 Å². The van der Waals surface area contributed by atoms with E-state index in [9.17, 15) is 32.0 Å². The molecule has 0 aromatic heterocycles. The van der Waals surface area contributed by atoms with Gasteiger partial charge in [0.15, 0.2) is 0 Å². The summed E-state index contributed by atoms with van der Waals surface area (Å²) in [6.07, 6.45) is 2.01. The Morgan fingerprint density at radius 2 is 1.67 bits per heavy atom. The highest BCUT2D eigenvalue weighted by Gasteiger charge is 2.28. The Bertz CT molecular complexity index is 1670. The van der Waals surface area contributed by atoms with E-state index in [0.717, 1.165) is 10.6 Å². The first-order valence-electron chi connectivity index (χ1n) is 14.4. The number of amides is 4. The molecule has 11 nitrogen and oxygen atoms in total. The number of nitrogens with zero attached hydrogens (tertiary/aromatic N) is 2. The Morgan fingerprint density at radius 3 is 2.33 bits per heavy atom. The lowest BCUT2D eigenvalue weighted by Crippen LogP contribution is -2.49. The van der Waals surface area contributed by atoms with Gasteiger partial charge in [0, 0.05) is 25.7 Å². The molecule has 0 fully saturated rings. The van der Waals surface area contributed by atoms with Crippen molar-refractivity contribution in [1.82, 2.24) is 20.9 Å². The monoisotopic (exact) mass is 637 g/mol. The van der Waals surface area contributed by atoms with Gasteiger partial charge in [0.25, 0.3) is 11.8 Å². The van der Waals surface area contributed by atoms with E-state index in [0.29, 0.717) is 29.7 Å². The largest absolute Gasteiger partial charge is 0.355 e. The van der Waals surface area contributed by atoms with Crippen LogP contribution in [0.1, 0.15) is 51.2 Å². The van der Waals surface area contributed by atoms with E-state index in [1.807, 2.05) is 0 Å². The maximum absolute atomic E-state index is 14.5. The fourth-order valence-corrected chi connectivity index (χ4v) is 5.34. The summed E-state index contributed by atoms with van der Waals surface area (Å²) in [5, 5.41) is 8.22. The molecule has 4 rings (SSSR count). The van der Waals surface area contributed by atoms with Crippen LogP contribution >= 0.6 is 0 Å². The van der Waals surface area contributed by atoms with Crippen LogP contribution in [0.3, 0.4) is 0 Å². The molecule has 45 heavy (non-hydrogen) atoms. The number of benzene rings is 3. The fraction of sp³-hybridized carbons (Fsp3) is 0.312. The minimum atomic E-state index is -3.52. The predicted octanol–water partition coefficient (Wildman–Crippen LogP) is 2.40. The lowest BCUT2D eigenvalue weighted by atomic mass is 10.0. The summed E-state index contributed by atoms with van der Waals surface area (Å²) < 4.78 is 39.5. The maximum Gasteiger partial charge on any atom is 0.254 e. The third-order valence-electron chi connectivity index (χ3n) is 7.50. The van der Waals surface area contributed by atoms with Crippen molar-refractivity contribution < 1.29 is 32.0 Å². The Labute approximate surface area is 261 Å². The van der Waals surface area contributed by atoms with Crippen molar-refractivity contribution in [1.29, 1.82) is 0 Å². The molecule has 0 saturated carbocycles. The molecule has 2 atom stereocenters. The minimum absolute atomic E-state index is 0.108. The molecule has 13 heteroatoms. The lowest BCUT2D eigenvalue weighted by Gasteiger charge is -2.29. The molecule has 2 bridgehead atoms. The van der Waals surface area contributed by atoms with Crippen LogP contribution in [0.2, 0.25) is 0 Å². The Balaban J connectivity index is 1.67. The van der Waals surface area contributed by atoms with Gasteiger partial charge in [-0.15, -0.1) is 0 Å². The summed E-state index contributed by atoms with van der Waals surface area (Å²) in [4.78, 5) is 54.5. The third-order valence-corrected chi connectivity index (χ3v) is 8.70. The molecule has 1 aliphatic heterocycles. The molecule has 0 unspecified atom stereocenters. The number of carbonyl (C=O) groups excluding carboxylic acids is 4. The zero-order chi connectivity index (χ0) is 32.7. The standard InChI is InChI=1S/C32H36FN5O6S/c1-21-30(40)36-28(23-9-5-4-6-10-23)19-38(32(42)24-12-14-25(15-13-24)37(2)45(3,43)44)20-29(39)34-17-7-8-22-11-16-27(33)26(18-22)31(41)35-21/h4-6,9-16,18,21,28H,7-8,17,19-20H2,1-3H3,(H,34,39)(H,35,41)(H,36,40)/t21-,28-/m1/s1. The first kappa shape index (κ1) is 33.1. The number of hydrogen-bond acceptors (Lipinski definition) is 6. The molecule has 1 heterocycles. The molecule has 1 aliphatic rings. The molecule has 0 spiro atoms. The first-order valence-corrected chi connectivity index (χ1v) is 16.2. The second-order valence-corrected chi connectivity index (χ2v) is 12.9. The van der Waals surface area contributed by atoms with Crippen LogP contribution in [0.15, 0.2) is 72.8 Å². The predicted molar refractivity (Wildman–Crippen MR) is 168 cm³/mol. The number of fused-ring (bicyclic) bond motifs is 2. The van der Waals surface area contributed by atoms with Crippen LogP contribution in [0.4, 0.5) is 10.1 Å². The Kier molecular flexibility index (Phi) is 10.6. The second kappa shape index (κ2) is 14.3. The highest BCUT2D eigenvalue weighted by atomic mass is 32.2. The molecular formula is C32H36FN5O6S. The van der Waals surface area contributed by atoms with E-state index in [2.05, 4.69) is 16.0 Å². The summed E-state index contributed by atoms with van der Waals surface area (Å²) in [6.45, 7) is 1.30. The van der Waals surface area contributed by atoms with Gasteiger partial charge in [-0.05, 0) is 67.3 Å². The summed E-state index contributed by atoms with van der Waals surface area (Å²) in [6, 6.07) is 17.1. The van der Waals surface area contributed by atoms with Crippen molar-refractivity contribution >= 4 is 39.3 Å². The van der Waals surface area contributed by atoms with E-state index in [4.69, 9.17) is 0 Å². The number of rotatable bonds is 4. The van der Waals surface area contributed by atoms with Gasteiger partial charge in [0.1, 0.15) is 11.9 Å². The molecule has 3 N–H and O–H groups in total. The third kappa shape index (κ3) is 8.66. The number of anilines is 1. The number of sulfonamides is 1. The minimum Gasteiger partial charge on any atom is -0.355 e. The van der Waals surface area contributed by atoms with Gasteiger partial charge in [-0.1, -0.05) is 36.4 Å². The molecule has 0 saturated heterocycles. The quantitative estimate of drug-likeness (QED) is 0.401. The number of halogens is 1. The Hall–Kier alpha value is -4.78. The van der Waals surface area contributed by atoms with Gasteiger partial charge in [-0.25, -0.2) is 12.8 Å². The molecule has 0 aliphatic carbocycles. The van der Waals surface area contributed by atoms with E-state index >= 15 is 0 Å². The summed E-state index contributed by atoms with van der Waals surface area (Å²) in [7, 11) is -2.12. The molecule has 4 amide bonds. The number of nitrogens with one attached hydrogen (secondary N) is 3. The van der Waals surface area contributed by atoms with E-state index < -0.39 is 51.6 Å². The van der Waals surface area contributed by atoms with Gasteiger partial charge >= 0.3 is 0 Å². The molecule has 0 radical (unpaired) electrons. The summed E-state index contributed by atoms with van der Waals surface area (Å²) in [5.74, 6) is -2.98. The zero-order valence-electron chi connectivity index (χ0n) is 25.2. The van der Waals surface area contributed by atoms with E-state index in [-0.39, 0.29) is 30.8 Å². The topological polar surface area (TPSA) is 145 Å². The average molecular weight is 638 g/mol. The number of hydrogen-bond donors (Lipinski definition) is 3. The zero-order valence-corrected chi connectivity index (χ0v) is 26.1. The van der Waals surface area contributed by atoms with Crippen LogP contribution in [0.5, 0.6) is 0 Å². The van der Waals surface area contributed by atoms with Gasteiger partial charge < -0.3 is 20.9 Å². The van der Waals surface area contributed by atoms with Crippen molar-refractivity contribution in [2.24, 2.45) is 0 Å². The molecule has 3 aromatic rings. The van der Waals surface area contributed by atoms with Crippen LogP contribution < -0.4 is 20.3 Å². The van der Waals surface area contributed by atoms with Gasteiger partial charge in [0.05, 0.1) is 30.1 Å². The van der Waals surface area contributed by atoms with Gasteiger partial charge in [0.2, 0.25) is 21.8 Å². The van der Waals surface area contributed by atoms with E-state index in [1.165, 1.54) is 55.3 Å². The molecular weight excluding hydrogens is 601 g/mol. The highest BCUT2D eigenvalue weighted by Crippen LogP contribution is 2.20. The van der Waals surface area contributed by atoms with Crippen LogP contribution in [0, 0.1) is 5.82 Å². The summed E-state index contributed by atoms with van der Waals surface area (Å²) in [5.41, 5.74) is 1.70. The van der Waals surface area contributed by atoms with Crippen molar-refractivity contribution in [3.8, 4) is 0 Å². The SMILES string of the molecule is C[C@H]1NC(=O)c2cc(ccc2F)CCCNC(=O)CN(C(=O)c2ccc(N(C)S(C)(=O)=O)cc2)C[C@H](c2ccccc2)NC1=O. The molecule has 3 aromatic carbocycles. The van der Waals surface area contributed by atoms with Gasteiger partial charge in [-0.3, -0.25) is 23.5 Å². The fourth-order valence-electron chi connectivity index (χ4n) is 4.84. The van der Waals surface area contributed by atoms with Crippen molar-refractivity contribution in [3.05, 3.63) is 101 Å². The summed E-state index contributed by atoms with van der Waals surface area (Å²) >= 11 is 0. The van der Waals surface area contributed by atoms with Crippen LogP contribution in [-0.4, -0.2) is 75.9 Å². The number of aryl methyl sites for hydroxylation is 1. The second-order valence-electron chi connectivity index (χ2n) is 10.9. The van der Waals surface area contributed by atoms with Crippen molar-refractivity contribution in [2.45, 2.75) is 31.8 Å². The van der Waals surface area contributed by atoms with Gasteiger partial charge in [-0.2, -0.15) is 0 Å². The Morgan fingerprint density at radius 1 is 0.978 bits per heavy atom. The maximum atomic E-state index is 14.5. The average Bonchev–Trinajstić information content (AvgIpc) is 3.01. The normalized spacial score (nSPS) is 18.7. The highest BCUT2D eigenvalue weighted by molar-refractivity contribution is 7.92. The first-order chi connectivity index (χ1) is 21.3. The molecule has 238 valence electrons. The lowest BCUT2D eigenvalue weighted by molar-refractivity contribution is -0.123. The van der Waals surface area contributed by atoms with Crippen molar-refractivity contribution in [3.63, 3.8) is 0 Å². The van der Waals surface area contributed by atoms with Crippen LogP contribution in [-0.2, 0) is 26.0 Å². The smallest absolute Gasteiger partial charge is 0.254 e. The number of carbonyl (C=O) groups is 4. The van der Waals surface area contributed by atoms with E-state index in [1.54, 1.807) is 36.4 Å². The van der Waals surface area contributed by atoms with Crippen LogP contribution in [0.25, 0.3) is 0 Å².